The van der Waals surface area contributed by atoms with Gasteiger partial charge in [-0.25, -0.2) is 0 Å². The van der Waals surface area contributed by atoms with Gasteiger partial charge in [0.2, 0.25) is 11.8 Å². The first kappa shape index (κ1) is 19.8. The zero-order valence-corrected chi connectivity index (χ0v) is 17.8. The minimum atomic E-state index is -0.0595. The van der Waals surface area contributed by atoms with Crippen LogP contribution in [0.5, 0.6) is 0 Å². The van der Waals surface area contributed by atoms with Crippen LogP contribution in [-0.4, -0.2) is 29.4 Å². The van der Waals surface area contributed by atoms with Gasteiger partial charge in [-0.3, -0.25) is 9.59 Å². The molecule has 28 heavy (non-hydrogen) atoms. The fourth-order valence-electron chi connectivity index (χ4n) is 6.21. The molecule has 4 saturated carbocycles. The molecule has 152 valence electrons. The van der Waals surface area contributed by atoms with E-state index >= 15 is 0 Å². The summed E-state index contributed by atoms with van der Waals surface area (Å²) in [6.45, 7) is 4.23. The molecule has 5 rings (SSSR count). The summed E-state index contributed by atoms with van der Waals surface area (Å²) in [5.74, 6) is 3.33. The Kier molecular flexibility index (Phi) is 5.73. The van der Waals surface area contributed by atoms with Crippen molar-refractivity contribution in [2.45, 2.75) is 58.4 Å². The number of anilines is 1. The molecule has 4 nitrogen and oxygen atoms in total. The molecule has 0 aromatic heterocycles. The third-order valence-corrected chi connectivity index (χ3v) is 8.12. The molecule has 4 aliphatic carbocycles. The van der Waals surface area contributed by atoms with Crippen LogP contribution < -0.4 is 10.6 Å². The van der Waals surface area contributed by atoms with Gasteiger partial charge < -0.3 is 10.6 Å². The van der Waals surface area contributed by atoms with Gasteiger partial charge in [-0.05, 0) is 87.7 Å². The van der Waals surface area contributed by atoms with Crippen molar-refractivity contribution in [1.29, 1.82) is 0 Å². The van der Waals surface area contributed by atoms with Gasteiger partial charge in [-0.1, -0.05) is 17.7 Å². The van der Waals surface area contributed by atoms with Crippen molar-refractivity contribution in [3.63, 3.8) is 0 Å². The first-order valence-electron chi connectivity index (χ1n) is 10.7. The van der Waals surface area contributed by atoms with E-state index in [0.717, 1.165) is 29.0 Å². The van der Waals surface area contributed by atoms with Gasteiger partial charge in [0.15, 0.2) is 0 Å². The SMILES string of the molecule is Cc1ccc(NC(=O)CSCC(=O)NC(C)C23CC4CC(CC(C4)C2)C3)cc1. The summed E-state index contributed by atoms with van der Waals surface area (Å²) in [6, 6.07) is 8.00. The second kappa shape index (κ2) is 8.10. The van der Waals surface area contributed by atoms with Crippen LogP contribution in [0.1, 0.15) is 51.0 Å². The molecule has 1 atom stereocenters. The number of rotatable bonds is 7. The van der Waals surface area contributed by atoms with E-state index < -0.39 is 0 Å². The van der Waals surface area contributed by atoms with Gasteiger partial charge in [0.25, 0.3) is 0 Å². The summed E-state index contributed by atoms with van der Waals surface area (Å²) in [7, 11) is 0. The van der Waals surface area contributed by atoms with Crippen LogP contribution in [0.15, 0.2) is 24.3 Å². The molecule has 5 heteroatoms. The van der Waals surface area contributed by atoms with E-state index in [1.54, 1.807) is 0 Å². The van der Waals surface area contributed by atoms with Crippen molar-refractivity contribution >= 4 is 29.3 Å². The van der Waals surface area contributed by atoms with Crippen LogP contribution in [0.3, 0.4) is 0 Å². The Hall–Kier alpha value is -1.49. The molecule has 0 spiro atoms. The van der Waals surface area contributed by atoms with Crippen LogP contribution in [0.4, 0.5) is 5.69 Å². The third kappa shape index (κ3) is 4.40. The van der Waals surface area contributed by atoms with Crippen LogP contribution >= 0.6 is 11.8 Å². The largest absolute Gasteiger partial charge is 0.352 e. The summed E-state index contributed by atoms with van der Waals surface area (Å²) >= 11 is 1.39. The Labute approximate surface area is 172 Å². The number of amides is 2. The molecular formula is C23H32N2O2S. The minimum absolute atomic E-state index is 0.0595. The molecule has 0 heterocycles. The molecule has 0 aliphatic heterocycles. The number of benzene rings is 1. The number of carbonyl (C=O) groups excluding carboxylic acids is 2. The lowest BCUT2D eigenvalue weighted by atomic mass is 9.48. The normalized spacial score (nSPS) is 31.4. The Morgan fingerprint density at radius 2 is 1.54 bits per heavy atom. The first-order chi connectivity index (χ1) is 13.4. The molecule has 2 amide bonds. The van der Waals surface area contributed by atoms with E-state index in [1.807, 2.05) is 31.2 Å². The van der Waals surface area contributed by atoms with Crippen molar-refractivity contribution in [2.75, 3.05) is 16.8 Å². The number of thioether (sulfide) groups is 1. The summed E-state index contributed by atoms with van der Waals surface area (Å²) in [5, 5.41) is 6.16. The van der Waals surface area contributed by atoms with Gasteiger partial charge in [0.05, 0.1) is 11.5 Å². The smallest absolute Gasteiger partial charge is 0.234 e. The zero-order chi connectivity index (χ0) is 19.7. The highest BCUT2D eigenvalue weighted by Crippen LogP contribution is 2.61. The van der Waals surface area contributed by atoms with Crippen molar-refractivity contribution in [3.8, 4) is 0 Å². The van der Waals surface area contributed by atoms with E-state index in [0.29, 0.717) is 16.9 Å². The Balaban J connectivity index is 1.20. The monoisotopic (exact) mass is 400 g/mol. The number of aryl methyl sites for hydroxylation is 1. The lowest BCUT2D eigenvalue weighted by molar-refractivity contribution is -0.123. The average Bonchev–Trinajstić information content (AvgIpc) is 2.62. The molecule has 4 aliphatic rings. The number of hydrogen-bond acceptors (Lipinski definition) is 3. The highest BCUT2D eigenvalue weighted by molar-refractivity contribution is 8.00. The molecule has 2 N–H and O–H groups in total. The maximum atomic E-state index is 12.5. The summed E-state index contributed by atoms with van der Waals surface area (Å²) in [5.41, 5.74) is 2.30. The molecule has 1 aromatic carbocycles. The number of hydrogen-bond donors (Lipinski definition) is 2. The van der Waals surface area contributed by atoms with Crippen LogP contribution in [0.25, 0.3) is 0 Å². The average molecular weight is 401 g/mol. The lowest BCUT2D eigenvalue weighted by Gasteiger charge is -2.59. The van der Waals surface area contributed by atoms with E-state index in [-0.39, 0.29) is 17.9 Å². The van der Waals surface area contributed by atoms with E-state index in [9.17, 15) is 9.59 Å². The molecule has 4 bridgehead atoms. The lowest BCUT2D eigenvalue weighted by Crippen LogP contribution is -2.56. The summed E-state index contributed by atoms with van der Waals surface area (Å²) in [6.07, 6.45) is 8.16. The predicted octanol–water partition coefficient (Wildman–Crippen LogP) is 4.39. The van der Waals surface area contributed by atoms with E-state index in [2.05, 4.69) is 17.6 Å². The van der Waals surface area contributed by atoms with Gasteiger partial charge in [0, 0.05) is 11.7 Å². The Morgan fingerprint density at radius 1 is 1.00 bits per heavy atom. The predicted molar refractivity (Wildman–Crippen MR) is 115 cm³/mol. The summed E-state index contributed by atoms with van der Waals surface area (Å²) in [4.78, 5) is 24.5. The number of carbonyl (C=O) groups is 2. The highest BCUT2D eigenvalue weighted by Gasteiger charge is 2.53. The topological polar surface area (TPSA) is 58.2 Å². The number of nitrogens with one attached hydrogen (secondary N) is 2. The highest BCUT2D eigenvalue weighted by atomic mass is 32.2. The molecule has 0 radical (unpaired) electrons. The molecule has 4 fully saturated rings. The van der Waals surface area contributed by atoms with E-state index in [1.165, 1.54) is 50.3 Å². The molecule has 1 unspecified atom stereocenters. The van der Waals surface area contributed by atoms with E-state index in [4.69, 9.17) is 0 Å². The molecule has 0 saturated heterocycles. The van der Waals surface area contributed by atoms with Crippen molar-refractivity contribution in [3.05, 3.63) is 29.8 Å². The zero-order valence-electron chi connectivity index (χ0n) is 17.0. The second-order valence-electron chi connectivity index (χ2n) is 9.48. The van der Waals surface area contributed by atoms with Gasteiger partial charge in [0.1, 0.15) is 0 Å². The van der Waals surface area contributed by atoms with Crippen molar-refractivity contribution in [2.24, 2.45) is 23.2 Å². The fraction of sp³-hybridized carbons (Fsp3) is 0.652. The van der Waals surface area contributed by atoms with Crippen molar-refractivity contribution < 1.29 is 9.59 Å². The standard InChI is InChI=1S/C23H32N2O2S/c1-15-3-5-20(6-4-15)25-22(27)14-28-13-21(26)24-16(2)23-10-17-7-18(11-23)9-19(8-17)12-23/h3-6,16-19H,7-14H2,1-2H3,(H,24,26)(H,25,27). The maximum Gasteiger partial charge on any atom is 0.234 e. The minimum Gasteiger partial charge on any atom is -0.352 e. The van der Waals surface area contributed by atoms with Crippen molar-refractivity contribution in [1.82, 2.24) is 5.32 Å². The Morgan fingerprint density at radius 3 is 2.11 bits per heavy atom. The van der Waals surface area contributed by atoms with Gasteiger partial charge >= 0.3 is 0 Å². The quantitative estimate of drug-likeness (QED) is 0.714. The van der Waals surface area contributed by atoms with Crippen LogP contribution in [0.2, 0.25) is 0 Å². The van der Waals surface area contributed by atoms with Crippen LogP contribution in [-0.2, 0) is 9.59 Å². The second-order valence-corrected chi connectivity index (χ2v) is 10.5. The van der Waals surface area contributed by atoms with Gasteiger partial charge in [-0.2, -0.15) is 0 Å². The molecular weight excluding hydrogens is 368 g/mol. The van der Waals surface area contributed by atoms with Crippen LogP contribution in [0, 0.1) is 30.1 Å². The fourth-order valence-corrected chi connectivity index (χ4v) is 6.84. The third-order valence-electron chi connectivity index (χ3n) is 7.18. The van der Waals surface area contributed by atoms with Gasteiger partial charge in [-0.15, -0.1) is 11.8 Å². The maximum absolute atomic E-state index is 12.5. The summed E-state index contributed by atoms with van der Waals surface area (Å²) < 4.78 is 0. The first-order valence-corrected chi connectivity index (χ1v) is 11.8. The molecule has 1 aromatic rings. The Bertz CT molecular complexity index is 695.